The van der Waals surface area contributed by atoms with Crippen LogP contribution in [0.1, 0.15) is 39.0 Å². The van der Waals surface area contributed by atoms with Gasteiger partial charge in [-0.25, -0.2) is 12.7 Å². The predicted octanol–water partition coefficient (Wildman–Crippen LogP) is 0.929. The Labute approximate surface area is 98.2 Å². The van der Waals surface area contributed by atoms with E-state index < -0.39 is 10.0 Å². The highest BCUT2D eigenvalue weighted by Crippen LogP contribution is 2.39. The van der Waals surface area contributed by atoms with Crippen LogP contribution in [-0.4, -0.2) is 37.1 Å². The lowest BCUT2D eigenvalue weighted by molar-refractivity contribution is 0.217. The summed E-state index contributed by atoms with van der Waals surface area (Å²) in [6, 6.07) is 0. The lowest BCUT2D eigenvalue weighted by Gasteiger charge is -2.38. The van der Waals surface area contributed by atoms with Gasteiger partial charge in [-0.3, -0.25) is 0 Å². The molecule has 0 amide bonds. The summed E-state index contributed by atoms with van der Waals surface area (Å²) in [6.45, 7) is 2.92. The number of piperidine rings is 1. The summed E-state index contributed by atoms with van der Waals surface area (Å²) in [5, 5.41) is 0. The molecular weight excluding hydrogens is 224 g/mol. The van der Waals surface area contributed by atoms with Crippen LogP contribution in [0.2, 0.25) is 0 Å². The van der Waals surface area contributed by atoms with E-state index in [-0.39, 0.29) is 11.3 Å². The minimum absolute atomic E-state index is 0.0963. The van der Waals surface area contributed by atoms with Gasteiger partial charge in [0.2, 0.25) is 10.0 Å². The minimum atomic E-state index is -3.01. The molecule has 2 aliphatic rings. The lowest BCUT2D eigenvalue weighted by atomic mass is 9.84. The molecule has 2 rings (SSSR count). The normalized spacial score (nSPS) is 26.9. The molecule has 1 saturated carbocycles. The minimum Gasteiger partial charge on any atom is -0.325 e. The predicted molar refractivity (Wildman–Crippen MR) is 64.5 cm³/mol. The van der Waals surface area contributed by atoms with Crippen LogP contribution < -0.4 is 5.73 Å². The number of sulfonamides is 1. The van der Waals surface area contributed by atoms with Crippen LogP contribution >= 0.6 is 0 Å². The largest absolute Gasteiger partial charge is 0.325 e. The zero-order valence-electron chi connectivity index (χ0n) is 9.98. The molecule has 1 aliphatic carbocycles. The first kappa shape index (κ1) is 12.3. The highest BCUT2D eigenvalue weighted by molar-refractivity contribution is 7.89. The zero-order chi connectivity index (χ0) is 11.8. The van der Waals surface area contributed by atoms with E-state index in [0.717, 1.165) is 25.2 Å². The van der Waals surface area contributed by atoms with E-state index in [1.165, 1.54) is 12.8 Å². The maximum atomic E-state index is 11.7. The van der Waals surface area contributed by atoms with Gasteiger partial charge >= 0.3 is 0 Å². The Morgan fingerprint density at radius 3 is 2.31 bits per heavy atom. The third kappa shape index (κ3) is 2.76. The third-order valence-corrected chi connectivity index (χ3v) is 5.75. The average molecular weight is 246 g/mol. The van der Waals surface area contributed by atoms with Gasteiger partial charge in [-0.05, 0) is 32.1 Å². The summed E-state index contributed by atoms with van der Waals surface area (Å²) in [6.07, 6.45) is 5.37. The first-order valence-electron chi connectivity index (χ1n) is 6.22. The van der Waals surface area contributed by atoms with E-state index in [4.69, 9.17) is 5.73 Å². The molecule has 0 radical (unpaired) electrons. The van der Waals surface area contributed by atoms with E-state index in [0.29, 0.717) is 13.1 Å². The maximum absolute atomic E-state index is 11.7. The van der Waals surface area contributed by atoms with Crippen LogP contribution in [0.5, 0.6) is 0 Å². The van der Waals surface area contributed by atoms with Crippen molar-refractivity contribution in [1.29, 1.82) is 0 Å². The molecule has 1 aliphatic heterocycles. The van der Waals surface area contributed by atoms with Gasteiger partial charge in [0.05, 0.1) is 5.75 Å². The van der Waals surface area contributed by atoms with Crippen molar-refractivity contribution in [1.82, 2.24) is 4.31 Å². The van der Waals surface area contributed by atoms with Crippen LogP contribution in [0, 0.1) is 5.92 Å². The Morgan fingerprint density at radius 1 is 1.31 bits per heavy atom. The van der Waals surface area contributed by atoms with E-state index in [1.807, 2.05) is 0 Å². The third-order valence-electron chi connectivity index (χ3n) is 3.87. The second kappa shape index (κ2) is 4.27. The van der Waals surface area contributed by atoms with Crippen molar-refractivity contribution < 1.29 is 8.42 Å². The van der Waals surface area contributed by atoms with E-state index in [2.05, 4.69) is 0 Å². The smallest absolute Gasteiger partial charge is 0.213 e. The van der Waals surface area contributed by atoms with Gasteiger partial charge in [0.1, 0.15) is 0 Å². The molecule has 4 nitrogen and oxygen atoms in total. The standard InChI is InChI=1S/C11H22N2O2S/c1-2-16(14,15)13-7-5-11(12,6-8-13)9-10-3-4-10/h10H,2-9,12H2,1H3. The van der Waals surface area contributed by atoms with Crippen molar-refractivity contribution in [3.8, 4) is 0 Å². The molecule has 1 saturated heterocycles. The van der Waals surface area contributed by atoms with Gasteiger partial charge in [0, 0.05) is 18.6 Å². The Hall–Kier alpha value is -0.130. The lowest BCUT2D eigenvalue weighted by Crippen LogP contribution is -2.52. The molecule has 0 aromatic rings. The highest BCUT2D eigenvalue weighted by atomic mass is 32.2. The second-order valence-electron chi connectivity index (χ2n) is 5.31. The Kier molecular flexibility index (Phi) is 3.29. The molecule has 0 unspecified atom stereocenters. The van der Waals surface area contributed by atoms with Gasteiger partial charge in [0.15, 0.2) is 0 Å². The second-order valence-corrected chi connectivity index (χ2v) is 7.57. The fourth-order valence-electron chi connectivity index (χ4n) is 2.49. The highest BCUT2D eigenvalue weighted by Gasteiger charge is 2.38. The molecule has 0 aromatic heterocycles. The van der Waals surface area contributed by atoms with Crippen molar-refractivity contribution in [2.45, 2.75) is 44.6 Å². The summed E-state index contributed by atoms with van der Waals surface area (Å²) in [5.74, 6) is 1.02. The number of rotatable bonds is 4. The summed E-state index contributed by atoms with van der Waals surface area (Å²) in [7, 11) is -3.01. The van der Waals surface area contributed by atoms with Crippen molar-refractivity contribution in [2.24, 2.45) is 11.7 Å². The fraction of sp³-hybridized carbons (Fsp3) is 1.00. The first-order chi connectivity index (χ1) is 7.45. The van der Waals surface area contributed by atoms with Crippen molar-refractivity contribution in [3.63, 3.8) is 0 Å². The van der Waals surface area contributed by atoms with E-state index in [9.17, 15) is 8.42 Å². The number of nitrogens with two attached hydrogens (primary N) is 1. The molecule has 0 spiro atoms. The maximum Gasteiger partial charge on any atom is 0.213 e. The quantitative estimate of drug-likeness (QED) is 0.802. The molecule has 2 N–H and O–H groups in total. The van der Waals surface area contributed by atoms with Gasteiger partial charge in [0.25, 0.3) is 0 Å². The summed E-state index contributed by atoms with van der Waals surface area (Å²) in [4.78, 5) is 0. The molecular formula is C11H22N2O2S. The van der Waals surface area contributed by atoms with Crippen molar-refractivity contribution >= 4 is 10.0 Å². The summed E-state index contributed by atoms with van der Waals surface area (Å²) >= 11 is 0. The van der Waals surface area contributed by atoms with Crippen LogP contribution in [0.15, 0.2) is 0 Å². The topological polar surface area (TPSA) is 63.4 Å². The van der Waals surface area contributed by atoms with Gasteiger partial charge in [-0.1, -0.05) is 12.8 Å². The molecule has 5 heteroatoms. The fourth-order valence-corrected chi connectivity index (χ4v) is 3.60. The molecule has 0 atom stereocenters. The van der Waals surface area contributed by atoms with Crippen molar-refractivity contribution in [3.05, 3.63) is 0 Å². The molecule has 94 valence electrons. The molecule has 0 aromatic carbocycles. The molecule has 2 fully saturated rings. The van der Waals surface area contributed by atoms with E-state index in [1.54, 1.807) is 11.2 Å². The van der Waals surface area contributed by atoms with Gasteiger partial charge < -0.3 is 5.73 Å². The first-order valence-corrected chi connectivity index (χ1v) is 7.83. The Morgan fingerprint density at radius 2 is 1.88 bits per heavy atom. The van der Waals surface area contributed by atoms with Crippen LogP contribution in [0.4, 0.5) is 0 Å². The molecule has 0 bridgehead atoms. The van der Waals surface area contributed by atoms with Crippen LogP contribution in [-0.2, 0) is 10.0 Å². The number of hydrogen-bond donors (Lipinski definition) is 1. The average Bonchev–Trinajstić information content (AvgIpc) is 3.02. The van der Waals surface area contributed by atoms with Crippen LogP contribution in [0.25, 0.3) is 0 Å². The molecule has 1 heterocycles. The Balaban J connectivity index is 1.90. The zero-order valence-corrected chi connectivity index (χ0v) is 10.8. The van der Waals surface area contributed by atoms with Crippen molar-refractivity contribution in [2.75, 3.05) is 18.8 Å². The van der Waals surface area contributed by atoms with Crippen LogP contribution in [0.3, 0.4) is 0 Å². The molecule has 16 heavy (non-hydrogen) atoms. The van der Waals surface area contributed by atoms with Gasteiger partial charge in [-0.15, -0.1) is 0 Å². The van der Waals surface area contributed by atoms with Gasteiger partial charge in [-0.2, -0.15) is 0 Å². The Bertz CT molecular complexity index is 341. The SMILES string of the molecule is CCS(=O)(=O)N1CCC(N)(CC2CC2)CC1. The summed E-state index contributed by atoms with van der Waals surface area (Å²) in [5.41, 5.74) is 6.23. The van der Waals surface area contributed by atoms with E-state index >= 15 is 0 Å². The number of nitrogens with zero attached hydrogens (tertiary/aromatic N) is 1. The summed E-state index contributed by atoms with van der Waals surface area (Å²) < 4.78 is 25.0. The monoisotopic (exact) mass is 246 g/mol. The number of hydrogen-bond acceptors (Lipinski definition) is 3.